The number of piperidine rings is 1. The molecule has 116 valence electrons. The van der Waals surface area contributed by atoms with E-state index in [4.69, 9.17) is 5.73 Å². The van der Waals surface area contributed by atoms with Crippen LogP contribution in [0.3, 0.4) is 0 Å². The number of anilines is 1. The van der Waals surface area contributed by atoms with Gasteiger partial charge in [-0.15, -0.1) is 0 Å². The van der Waals surface area contributed by atoms with Crippen molar-refractivity contribution < 1.29 is 4.79 Å². The Bertz CT molecular complexity index is 472. The molecule has 21 heavy (non-hydrogen) atoms. The number of rotatable bonds is 2. The van der Waals surface area contributed by atoms with E-state index < -0.39 is 0 Å². The third-order valence-electron chi connectivity index (χ3n) is 4.69. The lowest BCUT2D eigenvalue weighted by molar-refractivity contribution is 0.163. The van der Waals surface area contributed by atoms with Gasteiger partial charge in [0.15, 0.2) is 0 Å². The van der Waals surface area contributed by atoms with Gasteiger partial charge in [0.05, 0.1) is 6.04 Å². The van der Waals surface area contributed by atoms with E-state index in [9.17, 15) is 4.79 Å². The lowest BCUT2D eigenvalue weighted by Crippen LogP contribution is -2.48. The molecular weight excluding hydrogens is 266 g/mol. The van der Waals surface area contributed by atoms with Crippen LogP contribution in [0.5, 0.6) is 0 Å². The predicted octanol–water partition coefficient (Wildman–Crippen LogP) is 2.14. The molecule has 0 bridgehead atoms. The highest BCUT2D eigenvalue weighted by atomic mass is 16.2. The Hall–Kier alpha value is -1.72. The van der Waals surface area contributed by atoms with E-state index in [1.165, 1.54) is 19.3 Å². The van der Waals surface area contributed by atoms with Crippen LogP contribution in [0.4, 0.5) is 10.6 Å². The van der Waals surface area contributed by atoms with Crippen LogP contribution < -0.4 is 11.1 Å². The quantitative estimate of drug-likeness (QED) is 0.876. The minimum absolute atomic E-state index is 0.111. The molecule has 1 aliphatic carbocycles. The maximum atomic E-state index is 12.3. The number of carbonyl (C=O) groups excluding carboxylic acids is 1. The van der Waals surface area contributed by atoms with Crippen LogP contribution >= 0.6 is 0 Å². The van der Waals surface area contributed by atoms with E-state index in [1.54, 1.807) is 0 Å². The molecule has 6 nitrogen and oxygen atoms in total. The Morgan fingerprint density at radius 1 is 1.19 bits per heavy atom. The molecule has 2 heterocycles. The Morgan fingerprint density at radius 3 is 2.52 bits per heavy atom. The fraction of sp³-hybridized carbons (Fsp3) is 0.733. The van der Waals surface area contributed by atoms with E-state index >= 15 is 0 Å². The zero-order valence-corrected chi connectivity index (χ0v) is 12.5. The van der Waals surface area contributed by atoms with Gasteiger partial charge in [-0.05, 0) is 31.7 Å². The minimum Gasteiger partial charge on any atom is -0.382 e. The van der Waals surface area contributed by atoms with Gasteiger partial charge < -0.3 is 16.0 Å². The van der Waals surface area contributed by atoms with Crippen molar-refractivity contribution in [3.05, 3.63) is 12.3 Å². The lowest BCUT2D eigenvalue weighted by Gasteiger charge is -2.34. The van der Waals surface area contributed by atoms with Gasteiger partial charge in [-0.25, -0.2) is 4.79 Å². The van der Waals surface area contributed by atoms with Crippen LogP contribution in [0.25, 0.3) is 0 Å². The smallest absolute Gasteiger partial charge is 0.317 e. The van der Waals surface area contributed by atoms with Crippen molar-refractivity contribution in [2.24, 2.45) is 0 Å². The minimum atomic E-state index is 0.111. The zero-order chi connectivity index (χ0) is 14.7. The Labute approximate surface area is 125 Å². The fourth-order valence-electron chi connectivity index (χ4n) is 3.40. The third-order valence-corrected chi connectivity index (χ3v) is 4.69. The molecule has 2 fully saturated rings. The van der Waals surface area contributed by atoms with E-state index in [1.807, 2.05) is 21.8 Å². The first kappa shape index (κ1) is 14.2. The SMILES string of the molecule is Nc1ccn(C2CCN(C(=O)NC3CCCCC3)CC2)n1. The van der Waals surface area contributed by atoms with Crippen molar-refractivity contribution in [2.75, 3.05) is 18.8 Å². The number of hydrogen-bond acceptors (Lipinski definition) is 3. The summed E-state index contributed by atoms with van der Waals surface area (Å²) < 4.78 is 1.94. The second-order valence-electron chi connectivity index (χ2n) is 6.22. The van der Waals surface area contributed by atoms with Gasteiger partial charge in [-0.1, -0.05) is 19.3 Å². The average Bonchev–Trinajstić information content (AvgIpc) is 2.95. The number of aromatic nitrogens is 2. The van der Waals surface area contributed by atoms with Gasteiger partial charge >= 0.3 is 6.03 Å². The number of nitrogens with zero attached hydrogens (tertiary/aromatic N) is 3. The highest BCUT2D eigenvalue weighted by Crippen LogP contribution is 2.23. The molecule has 2 aliphatic rings. The second-order valence-corrected chi connectivity index (χ2v) is 6.22. The van der Waals surface area contributed by atoms with Crippen LogP contribution in [-0.2, 0) is 0 Å². The number of likely N-dealkylation sites (tertiary alicyclic amines) is 1. The first-order chi connectivity index (χ1) is 10.2. The van der Waals surface area contributed by atoms with E-state index in [-0.39, 0.29) is 6.03 Å². The molecule has 3 N–H and O–H groups in total. The van der Waals surface area contributed by atoms with E-state index in [0.717, 1.165) is 38.8 Å². The van der Waals surface area contributed by atoms with Crippen LogP contribution in [0.2, 0.25) is 0 Å². The van der Waals surface area contributed by atoms with Crippen LogP contribution in [0.1, 0.15) is 51.0 Å². The lowest BCUT2D eigenvalue weighted by atomic mass is 9.95. The standard InChI is InChI=1S/C15H25N5O/c16-14-8-11-20(18-14)13-6-9-19(10-7-13)15(21)17-12-4-2-1-3-5-12/h8,11-13H,1-7,9-10H2,(H2,16,18)(H,17,21). The van der Waals surface area contributed by atoms with Gasteiger partial charge in [0.2, 0.25) is 0 Å². The van der Waals surface area contributed by atoms with Gasteiger partial charge in [0, 0.05) is 25.3 Å². The van der Waals surface area contributed by atoms with Crippen molar-refractivity contribution in [3.63, 3.8) is 0 Å². The summed E-state index contributed by atoms with van der Waals surface area (Å²) in [7, 11) is 0. The molecule has 3 rings (SSSR count). The zero-order valence-electron chi connectivity index (χ0n) is 12.5. The van der Waals surface area contributed by atoms with Crippen LogP contribution in [0.15, 0.2) is 12.3 Å². The molecule has 0 atom stereocenters. The number of hydrogen-bond donors (Lipinski definition) is 2. The summed E-state index contributed by atoms with van der Waals surface area (Å²) in [5.74, 6) is 0.562. The Balaban J connectivity index is 1.47. The number of carbonyl (C=O) groups is 1. The largest absolute Gasteiger partial charge is 0.382 e. The predicted molar refractivity (Wildman–Crippen MR) is 81.9 cm³/mol. The van der Waals surface area contributed by atoms with Gasteiger partial charge in [-0.3, -0.25) is 4.68 Å². The molecule has 1 aromatic rings. The summed E-state index contributed by atoms with van der Waals surface area (Å²) in [5, 5.41) is 7.47. The summed E-state index contributed by atoms with van der Waals surface area (Å²) in [6.45, 7) is 1.59. The summed E-state index contributed by atoms with van der Waals surface area (Å²) in [4.78, 5) is 14.2. The Kier molecular flexibility index (Phi) is 4.31. The molecule has 1 aromatic heterocycles. The van der Waals surface area contributed by atoms with Crippen molar-refractivity contribution in [3.8, 4) is 0 Å². The Morgan fingerprint density at radius 2 is 1.90 bits per heavy atom. The number of amides is 2. The highest BCUT2D eigenvalue weighted by molar-refractivity contribution is 5.74. The molecular formula is C15H25N5O. The highest BCUT2D eigenvalue weighted by Gasteiger charge is 2.25. The second kappa shape index (κ2) is 6.37. The molecule has 1 aliphatic heterocycles. The first-order valence-electron chi connectivity index (χ1n) is 8.08. The van der Waals surface area contributed by atoms with Gasteiger partial charge in [0.25, 0.3) is 0 Å². The molecule has 0 radical (unpaired) electrons. The number of urea groups is 1. The maximum Gasteiger partial charge on any atom is 0.317 e. The molecule has 0 aromatic carbocycles. The normalized spacial score (nSPS) is 21.4. The summed E-state index contributed by atoms with van der Waals surface area (Å²) >= 11 is 0. The molecule has 1 saturated carbocycles. The summed E-state index contributed by atoms with van der Waals surface area (Å²) in [6, 6.07) is 2.68. The van der Waals surface area contributed by atoms with Crippen LogP contribution in [-0.4, -0.2) is 39.8 Å². The summed E-state index contributed by atoms with van der Waals surface area (Å²) in [5.41, 5.74) is 5.66. The molecule has 6 heteroatoms. The number of nitrogen functional groups attached to an aromatic ring is 1. The summed E-state index contributed by atoms with van der Waals surface area (Å²) in [6.07, 6.45) is 9.88. The monoisotopic (exact) mass is 291 g/mol. The van der Waals surface area contributed by atoms with Crippen LogP contribution in [0, 0.1) is 0 Å². The molecule has 1 saturated heterocycles. The van der Waals surface area contributed by atoms with Crippen molar-refractivity contribution in [1.82, 2.24) is 20.0 Å². The van der Waals surface area contributed by atoms with E-state index in [0.29, 0.717) is 17.9 Å². The average molecular weight is 291 g/mol. The van der Waals surface area contributed by atoms with Crippen molar-refractivity contribution >= 4 is 11.8 Å². The van der Waals surface area contributed by atoms with Gasteiger partial charge in [-0.2, -0.15) is 5.10 Å². The van der Waals surface area contributed by atoms with Crippen molar-refractivity contribution in [1.29, 1.82) is 0 Å². The number of nitrogens with two attached hydrogens (primary N) is 1. The molecule has 0 spiro atoms. The third kappa shape index (κ3) is 3.49. The van der Waals surface area contributed by atoms with E-state index in [2.05, 4.69) is 10.4 Å². The number of nitrogens with one attached hydrogen (secondary N) is 1. The maximum absolute atomic E-state index is 12.3. The van der Waals surface area contributed by atoms with Gasteiger partial charge in [0.1, 0.15) is 5.82 Å². The van der Waals surface area contributed by atoms with Crippen molar-refractivity contribution in [2.45, 2.75) is 57.0 Å². The fourth-order valence-corrected chi connectivity index (χ4v) is 3.40. The topological polar surface area (TPSA) is 76.2 Å². The molecule has 0 unspecified atom stereocenters. The molecule has 2 amide bonds. The first-order valence-corrected chi connectivity index (χ1v) is 8.08.